The molecule has 1 unspecified atom stereocenters. The number of rotatable bonds is 4. The predicted molar refractivity (Wildman–Crippen MR) is 116 cm³/mol. The Balaban J connectivity index is 1.78. The van der Waals surface area contributed by atoms with Crippen molar-refractivity contribution in [3.05, 3.63) is 93.5 Å². The number of fused-ring (bicyclic) bond motifs is 1. The van der Waals surface area contributed by atoms with Crippen molar-refractivity contribution in [2.24, 2.45) is 0 Å². The Bertz CT molecular complexity index is 1330. The van der Waals surface area contributed by atoms with Crippen LogP contribution in [0.2, 0.25) is 0 Å². The summed E-state index contributed by atoms with van der Waals surface area (Å²) in [5.74, 6) is 0. The molecule has 1 aliphatic rings. The van der Waals surface area contributed by atoms with E-state index < -0.39 is 21.0 Å². The van der Waals surface area contributed by atoms with Crippen LogP contribution in [-0.2, 0) is 16.4 Å². The van der Waals surface area contributed by atoms with Gasteiger partial charge in [0.15, 0.2) is 0 Å². The summed E-state index contributed by atoms with van der Waals surface area (Å²) in [5, 5.41) is 20.8. The highest BCUT2D eigenvalue weighted by Crippen LogP contribution is 2.38. The Kier molecular flexibility index (Phi) is 5.31. The molecule has 0 radical (unpaired) electrons. The van der Waals surface area contributed by atoms with Crippen molar-refractivity contribution in [3.8, 4) is 17.2 Å². The number of nitro groups is 1. The number of nitrogens with zero attached hydrogens (tertiary/aromatic N) is 3. The molecule has 0 bridgehead atoms. The quantitative estimate of drug-likeness (QED) is 0.447. The van der Waals surface area contributed by atoms with Crippen LogP contribution >= 0.6 is 0 Å². The van der Waals surface area contributed by atoms with Gasteiger partial charge in [-0.1, -0.05) is 36.4 Å². The maximum atomic E-state index is 13.4. The van der Waals surface area contributed by atoms with Crippen LogP contribution in [0.5, 0.6) is 0 Å². The number of para-hydroxylation sites is 1. The van der Waals surface area contributed by atoms with E-state index in [0.717, 1.165) is 11.1 Å². The van der Waals surface area contributed by atoms with Crippen LogP contribution in [0.4, 0.5) is 5.69 Å². The minimum Gasteiger partial charge on any atom is -0.258 e. The van der Waals surface area contributed by atoms with Crippen LogP contribution in [0, 0.1) is 21.4 Å². The number of benzene rings is 3. The molecule has 1 atom stereocenters. The van der Waals surface area contributed by atoms with Gasteiger partial charge in [0.1, 0.15) is 6.07 Å². The molecule has 0 fully saturated rings. The number of hydrogen-bond donors (Lipinski definition) is 0. The van der Waals surface area contributed by atoms with Crippen molar-refractivity contribution >= 4 is 15.7 Å². The normalized spacial score (nSPS) is 16.3. The fourth-order valence-electron chi connectivity index (χ4n) is 4.07. The van der Waals surface area contributed by atoms with Crippen molar-refractivity contribution in [2.45, 2.75) is 24.3 Å². The number of hydrogen-bond acceptors (Lipinski definition) is 5. The van der Waals surface area contributed by atoms with E-state index in [1.807, 2.05) is 24.3 Å². The van der Waals surface area contributed by atoms with Gasteiger partial charge in [-0.3, -0.25) is 10.1 Å². The van der Waals surface area contributed by atoms with Crippen molar-refractivity contribution in [3.63, 3.8) is 0 Å². The van der Waals surface area contributed by atoms with E-state index >= 15 is 0 Å². The molecule has 31 heavy (non-hydrogen) atoms. The van der Waals surface area contributed by atoms with Crippen molar-refractivity contribution in [1.82, 2.24) is 4.31 Å². The zero-order valence-corrected chi connectivity index (χ0v) is 17.5. The van der Waals surface area contributed by atoms with Crippen molar-refractivity contribution < 1.29 is 13.3 Å². The van der Waals surface area contributed by atoms with Gasteiger partial charge in [-0.2, -0.15) is 9.57 Å². The summed E-state index contributed by atoms with van der Waals surface area (Å²) in [4.78, 5) is 11.0. The van der Waals surface area contributed by atoms with Crippen LogP contribution in [0.15, 0.2) is 71.6 Å². The molecule has 156 valence electrons. The lowest BCUT2D eigenvalue weighted by Crippen LogP contribution is -2.39. The lowest BCUT2D eigenvalue weighted by atomic mass is 9.91. The molecule has 4 rings (SSSR count). The van der Waals surface area contributed by atoms with E-state index in [1.165, 1.54) is 22.5 Å². The molecule has 0 saturated carbocycles. The zero-order valence-electron chi connectivity index (χ0n) is 16.7. The Morgan fingerprint density at radius 2 is 1.81 bits per heavy atom. The molecule has 1 heterocycles. The number of nitriles is 1. The summed E-state index contributed by atoms with van der Waals surface area (Å²) < 4.78 is 28.1. The highest BCUT2D eigenvalue weighted by atomic mass is 32.2. The van der Waals surface area contributed by atoms with E-state index in [0.29, 0.717) is 24.1 Å². The molecule has 7 nitrogen and oxygen atoms in total. The smallest absolute Gasteiger partial charge is 0.258 e. The minimum atomic E-state index is -3.89. The first-order valence-electron chi connectivity index (χ1n) is 9.72. The third-order valence-corrected chi connectivity index (χ3v) is 7.66. The fourth-order valence-corrected chi connectivity index (χ4v) is 5.83. The Morgan fingerprint density at radius 3 is 2.55 bits per heavy atom. The van der Waals surface area contributed by atoms with Crippen LogP contribution in [0.25, 0.3) is 11.1 Å². The van der Waals surface area contributed by atoms with Gasteiger partial charge in [0.05, 0.1) is 20.9 Å². The monoisotopic (exact) mass is 433 g/mol. The van der Waals surface area contributed by atoms with Crippen LogP contribution < -0.4 is 0 Å². The summed E-state index contributed by atoms with van der Waals surface area (Å²) in [6.45, 7) is 2.09. The molecule has 3 aromatic carbocycles. The summed E-state index contributed by atoms with van der Waals surface area (Å²) in [6.07, 6.45) is 0.519. The van der Waals surface area contributed by atoms with Gasteiger partial charge < -0.3 is 0 Å². The molecule has 0 aliphatic carbocycles. The molecular weight excluding hydrogens is 414 g/mol. The lowest BCUT2D eigenvalue weighted by molar-refractivity contribution is -0.384. The first-order valence-corrected chi connectivity index (χ1v) is 11.2. The maximum absolute atomic E-state index is 13.4. The van der Waals surface area contributed by atoms with Gasteiger partial charge in [-0.05, 0) is 54.3 Å². The lowest BCUT2D eigenvalue weighted by Gasteiger charge is -2.34. The van der Waals surface area contributed by atoms with Gasteiger partial charge in [-0.15, -0.1) is 0 Å². The highest BCUT2D eigenvalue weighted by Gasteiger charge is 2.35. The van der Waals surface area contributed by atoms with E-state index in [9.17, 15) is 23.8 Å². The van der Waals surface area contributed by atoms with Gasteiger partial charge in [0, 0.05) is 18.7 Å². The summed E-state index contributed by atoms with van der Waals surface area (Å²) in [5.41, 5.74) is 3.06. The molecule has 0 spiro atoms. The van der Waals surface area contributed by atoms with E-state index in [-0.39, 0.29) is 16.1 Å². The topological polar surface area (TPSA) is 104 Å². The minimum absolute atomic E-state index is 0.00154. The fraction of sp³-hybridized carbons (Fsp3) is 0.174. The van der Waals surface area contributed by atoms with E-state index in [1.54, 1.807) is 37.3 Å². The Hall–Kier alpha value is -3.54. The van der Waals surface area contributed by atoms with Gasteiger partial charge in [0.25, 0.3) is 5.69 Å². The average molecular weight is 433 g/mol. The van der Waals surface area contributed by atoms with Gasteiger partial charge in [-0.25, -0.2) is 8.42 Å². The van der Waals surface area contributed by atoms with Crippen LogP contribution in [-0.4, -0.2) is 24.2 Å². The van der Waals surface area contributed by atoms with Crippen molar-refractivity contribution in [1.29, 1.82) is 5.26 Å². The second kappa shape index (κ2) is 7.95. The SMILES string of the molecule is CC1c2cc(-c3ccccc3[N+](=O)[O-])ccc2CCN1S(=O)(=O)c1ccccc1C#N. The number of nitro benzene ring substituents is 1. The standard InChI is InChI=1S/C23H19N3O4S/c1-16-21-14-18(20-7-3-4-8-22(20)26(27)28)11-10-17(21)12-13-25(16)31(29,30)23-9-5-2-6-19(23)15-24/h2-11,14,16H,12-13H2,1H3. The predicted octanol–water partition coefficient (Wildman–Crippen LogP) is 4.44. The molecule has 1 aliphatic heterocycles. The summed E-state index contributed by atoms with van der Waals surface area (Å²) in [6, 6.07) is 19.7. The number of sulfonamides is 1. The zero-order chi connectivity index (χ0) is 22.2. The Labute approximate surface area is 180 Å². The van der Waals surface area contributed by atoms with Gasteiger partial charge in [0.2, 0.25) is 10.0 Å². The summed E-state index contributed by atoms with van der Waals surface area (Å²) in [7, 11) is -3.89. The first kappa shape index (κ1) is 20.7. The van der Waals surface area contributed by atoms with E-state index in [2.05, 4.69) is 0 Å². The highest BCUT2D eigenvalue weighted by molar-refractivity contribution is 7.89. The average Bonchev–Trinajstić information content (AvgIpc) is 2.79. The first-order chi connectivity index (χ1) is 14.8. The third-order valence-electron chi connectivity index (χ3n) is 5.64. The Morgan fingerprint density at radius 1 is 1.10 bits per heavy atom. The summed E-state index contributed by atoms with van der Waals surface area (Å²) >= 11 is 0. The molecule has 8 heteroatoms. The molecular formula is C23H19N3O4S. The van der Waals surface area contributed by atoms with Gasteiger partial charge >= 0.3 is 0 Å². The third kappa shape index (κ3) is 3.58. The van der Waals surface area contributed by atoms with Crippen LogP contribution in [0.3, 0.4) is 0 Å². The molecule has 0 amide bonds. The second-order valence-electron chi connectivity index (χ2n) is 7.34. The maximum Gasteiger partial charge on any atom is 0.277 e. The molecule has 0 aromatic heterocycles. The largest absolute Gasteiger partial charge is 0.277 e. The van der Waals surface area contributed by atoms with Crippen LogP contribution in [0.1, 0.15) is 29.7 Å². The molecule has 0 saturated heterocycles. The second-order valence-corrected chi connectivity index (χ2v) is 9.20. The van der Waals surface area contributed by atoms with E-state index in [4.69, 9.17) is 0 Å². The molecule has 3 aromatic rings. The van der Waals surface area contributed by atoms with Crippen molar-refractivity contribution in [2.75, 3.05) is 6.54 Å². The molecule has 0 N–H and O–H groups in total.